The van der Waals surface area contributed by atoms with Crippen molar-refractivity contribution in [3.8, 4) is 0 Å². The lowest BCUT2D eigenvalue weighted by Gasteiger charge is -2.10. The number of unbranched alkanes of at least 4 members (excludes halogenated alkanes) is 1. The Balaban J connectivity index is 1.89. The van der Waals surface area contributed by atoms with Crippen LogP contribution in [0.2, 0.25) is 0 Å². The molecule has 2 aromatic carbocycles. The smallest absolute Gasteiger partial charge is 0.257 e. The molecule has 0 saturated carbocycles. The SMILES string of the molecule is CCCCNC(=O)c1ccc(NC(=S)NC(=O)c2cccc(Br)c2)cc1. The van der Waals surface area contributed by atoms with Crippen molar-refractivity contribution in [3.63, 3.8) is 0 Å². The van der Waals surface area contributed by atoms with Crippen molar-refractivity contribution in [2.75, 3.05) is 11.9 Å². The molecule has 7 heteroatoms. The van der Waals surface area contributed by atoms with Gasteiger partial charge in [-0.15, -0.1) is 0 Å². The van der Waals surface area contributed by atoms with Crippen molar-refractivity contribution < 1.29 is 9.59 Å². The maximum atomic E-state index is 12.2. The number of nitrogens with one attached hydrogen (secondary N) is 3. The van der Waals surface area contributed by atoms with Crippen LogP contribution in [0.1, 0.15) is 40.5 Å². The number of thiocarbonyl (C=S) groups is 1. The Morgan fingerprint density at radius 3 is 2.42 bits per heavy atom. The van der Waals surface area contributed by atoms with Gasteiger partial charge in [-0.1, -0.05) is 35.3 Å². The number of carbonyl (C=O) groups excluding carboxylic acids is 2. The fraction of sp³-hybridized carbons (Fsp3) is 0.211. The summed E-state index contributed by atoms with van der Waals surface area (Å²) in [6.07, 6.45) is 1.99. The summed E-state index contributed by atoms with van der Waals surface area (Å²) in [4.78, 5) is 24.1. The molecule has 2 amide bonds. The third-order valence-electron chi connectivity index (χ3n) is 3.53. The highest BCUT2D eigenvalue weighted by atomic mass is 79.9. The molecule has 0 bridgehead atoms. The number of benzene rings is 2. The van der Waals surface area contributed by atoms with Crippen LogP contribution in [-0.4, -0.2) is 23.5 Å². The summed E-state index contributed by atoms with van der Waals surface area (Å²) >= 11 is 8.49. The third kappa shape index (κ3) is 6.24. The van der Waals surface area contributed by atoms with Gasteiger partial charge in [-0.2, -0.15) is 0 Å². The molecule has 0 saturated heterocycles. The largest absolute Gasteiger partial charge is 0.352 e. The zero-order valence-electron chi connectivity index (χ0n) is 14.3. The summed E-state index contributed by atoms with van der Waals surface area (Å²) in [5, 5.41) is 8.61. The van der Waals surface area contributed by atoms with E-state index in [1.165, 1.54) is 0 Å². The van der Waals surface area contributed by atoms with Gasteiger partial charge in [0.15, 0.2) is 5.11 Å². The van der Waals surface area contributed by atoms with Gasteiger partial charge < -0.3 is 10.6 Å². The first kappa shape index (κ1) is 20.1. The van der Waals surface area contributed by atoms with Crippen LogP contribution in [0, 0.1) is 0 Å². The van der Waals surface area contributed by atoms with Crippen LogP contribution in [-0.2, 0) is 0 Å². The lowest BCUT2D eigenvalue weighted by molar-refractivity contribution is 0.0950. The van der Waals surface area contributed by atoms with Crippen molar-refractivity contribution in [2.24, 2.45) is 0 Å². The number of rotatable bonds is 6. The van der Waals surface area contributed by atoms with Crippen LogP contribution < -0.4 is 16.0 Å². The van der Waals surface area contributed by atoms with Crippen molar-refractivity contribution in [1.82, 2.24) is 10.6 Å². The highest BCUT2D eigenvalue weighted by Crippen LogP contribution is 2.12. The molecule has 0 heterocycles. The van der Waals surface area contributed by atoms with Gasteiger partial charge in [-0.3, -0.25) is 14.9 Å². The molecular weight excluding hydrogens is 414 g/mol. The predicted octanol–water partition coefficient (Wildman–Crippen LogP) is 4.11. The van der Waals surface area contributed by atoms with Crippen LogP contribution in [0.3, 0.4) is 0 Å². The zero-order valence-corrected chi connectivity index (χ0v) is 16.7. The van der Waals surface area contributed by atoms with Gasteiger partial charge in [-0.05, 0) is 61.1 Å². The Morgan fingerprint density at radius 1 is 1.04 bits per heavy atom. The highest BCUT2D eigenvalue weighted by Gasteiger charge is 2.09. The number of hydrogen-bond acceptors (Lipinski definition) is 3. The minimum Gasteiger partial charge on any atom is -0.352 e. The summed E-state index contributed by atoms with van der Waals surface area (Å²) in [6, 6.07) is 13.9. The molecule has 0 fully saturated rings. The monoisotopic (exact) mass is 433 g/mol. The quantitative estimate of drug-likeness (QED) is 0.473. The van der Waals surface area contributed by atoms with E-state index in [1.807, 2.05) is 6.07 Å². The first-order valence-corrected chi connectivity index (χ1v) is 9.46. The van der Waals surface area contributed by atoms with E-state index in [2.05, 4.69) is 38.8 Å². The van der Waals surface area contributed by atoms with Gasteiger partial charge in [0.2, 0.25) is 0 Å². The molecule has 0 aliphatic heterocycles. The third-order valence-corrected chi connectivity index (χ3v) is 4.23. The van der Waals surface area contributed by atoms with E-state index in [0.717, 1.165) is 17.3 Å². The topological polar surface area (TPSA) is 70.2 Å². The molecule has 136 valence electrons. The van der Waals surface area contributed by atoms with Crippen LogP contribution >= 0.6 is 28.1 Å². The van der Waals surface area contributed by atoms with Crippen LogP contribution in [0.5, 0.6) is 0 Å². The van der Waals surface area contributed by atoms with Crippen LogP contribution in [0.25, 0.3) is 0 Å². The standard InChI is InChI=1S/C19H20BrN3O2S/c1-2-3-11-21-17(24)13-7-9-16(10-8-13)22-19(26)23-18(25)14-5-4-6-15(20)12-14/h4-10,12H,2-3,11H2,1H3,(H,21,24)(H2,22,23,25,26). The lowest BCUT2D eigenvalue weighted by atomic mass is 10.2. The molecule has 0 radical (unpaired) electrons. The van der Waals surface area contributed by atoms with Gasteiger partial charge in [0.1, 0.15) is 0 Å². The molecule has 0 aromatic heterocycles. The van der Waals surface area contributed by atoms with Crippen molar-refractivity contribution in [3.05, 3.63) is 64.1 Å². The van der Waals surface area contributed by atoms with E-state index in [4.69, 9.17) is 12.2 Å². The lowest BCUT2D eigenvalue weighted by Crippen LogP contribution is -2.34. The van der Waals surface area contributed by atoms with Gasteiger partial charge in [0.25, 0.3) is 11.8 Å². The summed E-state index contributed by atoms with van der Waals surface area (Å²) in [7, 11) is 0. The maximum absolute atomic E-state index is 12.2. The molecule has 3 N–H and O–H groups in total. The minimum absolute atomic E-state index is 0.101. The molecule has 0 aliphatic carbocycles. The summed E-state index contributed by atoms with van der Waals surface area (Å²) < 4.78 is 0.817. The fourth-order valence-corrected chi connectivity index (χ4v) is 2.76. The molecule has 0 unspecified atom stereocenters. The van der Waals surface area contributed by atoms with E-state index < -0.39 is 0 Å². The van der Waals surface area contributed by atoms with E-state index in [0.29, 0.717) is 23.4 Å². The highest BCUT2D eigenvalue weighted by molar-refractivity contribution is 9.10. The minimum atomic E-state index is -0.296. The van der Waals surface area contributed by atoms with E-state index in [9.17, 15) is 9.59 Å². The first-order valence-electron chi connectivity index (χ1n) is 8.25. The van der Waals surface area contributed by atoms with E-state index in [1.54, 1.807) is 42.5 Å². The molecule has 0 spiro atoms. The number of amides is 2. The molecular formula is C19H20BrN3O2S. The summed E-state index contributed by atoms with van der Waals surface area (Å²) in [5.41, 5.74) is 1.77. The number of hydrogen-bond donors (Lipinski definition) is 3. The molecule has 2 aromatic rings. The Morgan fingerprint density at radius 2 is 1.77 bits per heavy atom. The molecule has 5 nitrogen and oxygen atoms in total. The van der Waals surface area contributed by atoms with Crippen molar-refractivity contribution in [1.29, 1.82) is 0 Å². The van der Waals surface area contributed by atoms with Gasteiger partial charge in [0.05, 0.1) is 0 Å². The predicted molar refractivity (Wildman–Crippen MR) is 112 cm³/mol. The Kier molecular flexibility index (Phi) is 7.74. The van der Waals surface area contributed by atoms with Crippen LogP contribution in [0.4, 0.5) is 5.69 Å². The first-order chi connectivity index (χ1) is 12.5. The van der Waals surface area contributed by atoms with Crippen molar-refractivity contribution >= 4 is 50.8 Å². The van der Waals surface area contributed by atoms with E-state index >= 15 is 0 Å². The summed E-state index contributed by atoms with van der Waals surface area (Å²) in [5.74, 6) is -0.397. The number of carbonyl (C=O) groups is 2. The normalized spacial score (nSPS) is 10.1. The van der Waals surface area contributed by atoms with Gasteiger partial charge in [0, 0.05) is 27.8 Å². The molecule has 2 rings (SSSR count). The zero-order chi connectivity index (χ0) is 18.9. The second-order valence-electron chi connectivity index (χ2n) is 5.61. The van der Waals surface area contributed by atoms with Gasteiger partial charge in [-0.25, -0.2) is 0 Å². The Hall–Kier alpha value is -2.25. The summed E-state index contributed by atoms with van der Waals surface area (Å²) in [6.45, 7) is 2.74. The van der Waals surface area contributed by atoms with Crippen LogP contribution in [0.15, 0.2) is 53.0 Å². The maximum Gasteiger partial charge on any atom is 0.257 e. The number of anilines is 1. The van der Waals surface area contributed by atoms with Gasteiger partial charge >= 0.3 is 0 Å². The van der Waals surface area contributed by atoms with E-state index in [-0.39, 0.29) is 16.9 Å². The Labute approximate surface area is 166 Å². The second kappa shape index (κ2) is 10.0. The average molecular weight is 434 g/mol. The molecule has 0 aliphatic rings. The molecule has 0 atom stereocenters. The second-order valence-corrected chi connectivity index (χ2v) is 6.93. The number of halogens is 1. The molecule has 26 heavy (non-hydrogen) atoms. The average Bonchev–Trinajstić information content (AvgIpc) is 2.62. The fourth-order valence-electron chi connectivity index (χ4n) is 2.15. The van der Waals surface area contributed by atoms with Crippen molar-refractivity contribution in [2.45, 2.75) is 19.8 Å². The Bertz CT molecular complexity index is 794.